The number of allylic oxidation sites excluding steroid dienone is 2. The fourth-order valence-corrected chi connectivity index (χ4v) is 8.61. The highest BCUT2D eigenvalue weighted by Crippen LogP contribution is 2.66. The lowest BCUT2D eigenvalue weighted by molar-refractivity contribution is 0.0132. The molecule has 1 nitrogen and oxygen atoms in total. The molecule has 0 aromatic carbocycles. The van der Waals surface area contributed by atoms with Crippen LogP contribution in [0.3, 0.4) is 0 Å². The number of aliphatic hydroxyl groups is 1. The zero-order valence-corrected chi connectivity index (χ0v) is 20.1. The van der Waals surface area contributed by atoms with E-state index in [4.69, 9.17) is 0 Å². The Hall–Kier alpha value is -0.300. The van der Waals surface area contributed by atoms with Gasteiger partial charge in [-0.1, -0.05) is 71.4 Å². The van der Waals surface area contributed by atoms with E-state index in [1.165, 1.54) is 70.6 Å². The molecular weight excluding hydrogens is 352 g/mol. The number of rotatable bonds is 6. The molecule has 0 bridgehead atoms. The van der Waals surface area contributed by atoms with Crippen LogP contribution in [0, 0.1) is 40.4 Å². The Balaban J connectivity index is 1.49. The Morgan fingerprint density at radius 1 is 1.00 bits per heavy atom. The molecule has 2 unspecified atom stereocenters. The predicted octanol–water partition coefficient (Wildman–Crippen LogP) is 7.92. The van der Waals surface area contributed by atoms with Gasteiger partial charge in [0, 0.05) is 0 Å². The Kier molecular flexibility index (Phi) is 6.29. The van der Waals surface area contributed by atoms with Crippen molar-refractivity contribution in [2.75, 3.05) is 0 Å². The van der Waals surface area contributed by atoms with Crippen LogP contribution in [0.4, 0.5) is 0 Å². The number of fused-ring (bicyclic) bond motifs is 4. The van der Waals surface area contributed by atoms with E-state index in [1.54, 1.807) is 0 Å². The second-order valence-electron chi connectivity index (χ2n) is 12.2. The molecule has 166 valence electrons. The molecule has 4 rings (SSSR count). The zero-order chi connectivity index (χ0) is 20.8. The second-order valence-corrected chi connectivity index (χ2v) is 12.2. The van der Waals surface area contributed by atoms with E-state index in [1.807, 2.05) is 11.1 Å². The van der Waals surface area contributed by atoms with E-state index in [0.29, 0.717) is 10.8 Å². The van der Waals surface area contributed by atoms with Gasteiger partial charge in [0.05, 0.1) is 6.10 Å². The molecule has 0 aromatic heterocycles. The summed E-state index contributed by atoms with van der Waals surface area (Å²) < 4.78 is 0. The van der Waals surface area contributed by atoms with Crippen molar-refractivity contribution in [1.82, 2.24) is 0 Å². The van der Waals surface area contributed by atoms with Crippen molar-refractivity contribution >= 4 is 0 Å². The maximum atomic E-state index is 10.3. The van der Waals surface area contributed by atoms with Gasteiger partial charge in [0.2, 0.25) is 0 Å². The van der Waals surface area contributed by atoms with Crippen molar-refractivity contribution in [1.29, 1.82) is 0 Å². The maximum absolute atomic E-state index is 10.3. The van der Waals surface area contributed by atoms with Crippen LogP contribution >= 0.6 is 0 Å². The van der Waals surface area contributed by atoms with Crippen LogP contribution in [-0.2, 0) is 0 Å². The first-order chi connectivity index (χ1) is 13.8. The van der Waals surface area contributed by atoms with Crippen LogP contribution in [0.5, 0.6) is 0 Å². The molecule has 1 N–H and O–H groups in total. The molecule has 0 aromatic rings. The molecule has 1 heteroatoms. The maximum Gasteiger partial charge on any atom is 0.0543 e. The Bertz CT molecular complexity index is 620. The van der Waals surface area contributed by atoms with Gasteiger partial charge in [-0.3, -0.25) is 0 Å². The minimum Gasteiger partial charge on any atom is -0.393 e. The summed E-state index contributed by atoms with van der Waals surface area (Å²) in [6.45, 7) is 12.6. The summed E-state index contributed by atoms with van der Waals surface area (Å²) in [5, 5.41) is 10.3. The Morgan fingerprint density at radius 3 is 2.55 bits per heavy atom. The van der Waals surface area contributed by atoms with E-state index in [2.05, 4.69) is 34.6 Å². The fourth-order valence-electron chi connectivity index (χ4n) is 8.61. The number of hydrogen-bond acceptors (Lipinski definition) is 1. The average molecular weight is 401 g/mol. The van der Waals surface area contributed by atoms with E-state index in [-0.39, 0.29) is 6.10 Å². The van der Waals surface area contributed by atoms with Crippen LogP contribution in [0.25, 0.3) is 0 Å². The summed E-state index contributed by atoms with van der Waals surface area (Å²) >= 11 is 0. The lowest BCUT2D eigenvalue weighted by Crippen LogP contribution is -2.45. The molecule has 2 fully saturated rings. The summed E-state index contributed by atoms with van der Waals surface area (Å²) in [6, 6.07) is 0. The summed E-state index contributed by atoms with van der Waals surface area (Å²) in [6.07, 6.45) is 17.3. The number of hydrogen-bond donors (Lipinski definition) is 1. The predicted molar refractivity (Wildman–Crippen MR) is 124 cm³/mol. The van der Waals surface area contributed by atoms with Gasteiger partial charge in [0.25, 0.3) is 0 Å². The van der Waals surface area contributed by atoms with E-state index >= 15 is 0 Å². The third kappa shape index (κ3) is 3.77. The highest BCUT2D eigenvalue weighted by atomic mass is 16.3. The largest absolute Gasteiger partial charge is 0.393 e. The van der Waals surface area contributed by atoms with E-state index in [0.717, 1.165) is 42.4 Å². The first-order valence-electron chi connectivity index (χ1n) is 13.2. The van der Waals surface area contributed by atoms with Crippen LogP contribution in [-0.4, -0.2) is 11.2 Å². The lowest BCUT2D eigenvalue weighted by Gasteiger charge is -2.55. The topological polar surface area (TPSA) is 20.2 Å². The molecule has 2 saturated carbocycles. The SMILES string of the molecule is CCC(C)CCC[C@@H](C)[C@H]1CC[C@H]2C3=C(CC[C@]12C)[C@@]1(C)CC[C@H](O)CC1CC3. The molecule has 4 aliphatic rings. The van der Waals surface area contributed by atoms with Crippen LogP contribution in [0.2, 0.25) is 0 Å². The minimum absolute atomic E-state index is 0.0313. The van der Waals surface area contributed by atoms with Crippen LogP contribution in [0.15, 0.2) is 11.1 Å². The van der Waals surface area contributed by atoms with Gasteiger partial charge < -0.3 is 5.11 Å². The van der Waals surface area contributed by atoms with Gasteiger partial charge in [-0.25, -0.2) is 0 Å². The van der Waals surface area contributed by atoms with Crippen molar-refractivity contribution in [2.45, 2.75) is 124 Å². The molecule has 0 spiro atoms. The normalized spacial score (nSPS) is 44.1. The molecule has 8 atom stereocenters. The minimum atomic E-state index is -0.0313. The summed E-state index contributed by atoms with van der Waals surface area (Å²) in [7, 11) is 0. The highest BCUT2D eigenvalue weighted by molar-refractivity contribution is 5.34. The molecule has 29 heavy (non-hydrogen) atoms. The first-order valence-corrected chi connectivity index (χ1v) is 13.2. The van der Waals surface area contributed by atoms with Gasteiger partial charge in [0.1, 0.15) is 0 Å². The fraction of sp³-hybridized carbons (Fsp3) is 0.929. The Labute approximate surface area is 181 Å². The highest BCUT2D eigenvalue weighted by Gasteiger charge is 2.55. The van der Waals surface area contributed by atoms with Gasteiger partial charge in [-0.05, 0) is 98.2 Å². The summed E-state index contributed by atoms with van der Waals surface area (Å²) in [4.78, 5) is 0. The third-order valence-corrected chi connectivity index (χ3v) is 10.8. The molecule has 0 heterocycles. The Morgan fingerprint density at radius 2 is 1.79 bits per heavy atom. The van der Waals surface area contributed by atoms with E-state index in [9.17, 15) is 5.11 Å². The number of aliphatic hydroxyl groups excluding tert-OH is 1. The quantitative estimate of drug-likeness (QED) is 0.449. The molecule has 4 aliphatic carbocycles. The van der Waals surface area contributed by atoms with Gasteiger partial charge in [0.15, 0.2) is 0 Å². The van der Waals surface area contributed by atoms with Crippen molar-refractivity contribution in [3.05, 3.63) is 11.1 Å². The zero-order valence-electron chi connectivity index (χ0n) is 20.1. The molecule has 0 saturated heterocycles. The molecule has 0 amide bonds. The smallest absolute Gasteiger partial charge is 0.0543 e. The van der Waals surface area contributed by atoms with Crippen molar-refractivity contribution < 1.29 is 5.11 Å². The monoisotopic (exact) mass is 400 g/mol. The third-order valence-electron chi connectivity index (χ3n) is 10.8. The summed E-state index contributed by atoms with van der Waals surface area (Å²) in [5.74, 6) is 4.36. The average Bonchev–Trinajstić information content (AvgIpc) is 3.05. The second kappa shape index (κ2) is 8.33. The van der Waals surface area contributed by atoms with Crippen molar-refractivity contribution in [2.24, 2.45) is 40.4 Å². The molecule has 0 radical (unpaired) electrons. The summed E-state index contributed by atoms with van der Waals surface area (Å²) in [5.41, 5.74) is 4.77. The lowest BCUT2D eigenvalue weighted by atomic mass is 9.50. The van der Waals surface area contributed by atoms with Crippen LogP contribution in [0.1, 0.15) is 118 Å². The standard InChI is InChI=1S/C28H48O/c1-6-19(2)8-7-9-20(3)24-12-13-25-23-11-10-21-18-22(29)14-16-27(21,4)26(23)15-17-28(24,25)5/h19-22,24-25,29H,6-18H2,1-5H3/t19?,20-,21?,22+,24-,25+,27+,28-/m1/s1. The van der Waals surface area contributed by atoms with Gasteiger partial charge in [-0.15, -0.1) is 0 Å². The van der Waals surface area contributed by atoms with E-state index < -0.39 is 0 Å². The van der Waals surface area contributed by atoms with Gasteiger partial charge >= 0.3 is 0 Å². The van der Waals surface area contributed by atoms with Crippen molar-refractivity contribution in [3.63, 3.8) is 0 Å². The van der Waals surface area contributed by atoms with Crippen molar-refractivity contribution in [3.8, 4) is 0 Å². The van der Waals surface area contributed by atoms with Crippen LogP contribution < -0.4 is 0 Å². The first kappa shape index (κ1) is 21.9. The molecule has 0 aliphatic heterocycles. The molecular formula is C28H48O. The van der Waals surface area contributed by atoms with Gasteiger partial charge in [-0.2, -0.15) is 0 Å².